The van der Waals surface area contributed by atoms with Gasteiger partial charge in [0, 0.05) is 4.47 Å². The molecular formula is C13H6BrFO2. The van der Waals surface area contributed by atoms with Crippen molar-refractivity contribution in [2.24, 2.45) is 0 Å². The molecule has 1 heterocycles. The van der Waals surface area contributed by atoms with Crippen LogP contribution < -0.4 is 5.43 Å². The van der Waals surface area contributed by atoms with Gasteiger partial charge in [-0.25, -0.2) is 4.39 Å². The molecule has 0 radical (unpaired) electrons. The van der Waals surface area contributed by atoms with Crippen LogP contribution in [-0.2, 0) is 0 Å². The molecule has 1 aromatic heterocycles. The molecule has 2 aromatic carbocycles. The van der Waals surface area contributed by atoms with E-state index in [1.165, 1.54) is 18.2 Å². The minimum Gasteiger partial charge on any atom is -0.456 e. The Bertz CT molecular complexity index is 729. The summed E-state index contributed by atoms with van der Waals surface area (Å²) in [7, 11) is 0. The molecule has 0 saturated heterocycles. The van der Waals surface area contributed by atoms with Crippen molar-refractivity contribution in [3.8, 4) is 0 Å². The molecule has 0 aliphatic heterocycles. The Morgan fingerprint density at radius 1 is 1.00 bits per heavy atom. The van der Waals surface area contributed by atoms with Crippen molar-refractivity contribution < 1.29 is 8.81 Å². The van der Waals surface area contributed by atoms with E-state index in [0.717, 1.165) is 4.47 Å². The van der Waals surface area contributed by atoms with Gasteiger partial charge in [0.05, 0.1) is 10.8 Å². The van der Waals surface area contributed by atoms with E-state index in [-0.39, 0.29) is 10.8 Å². The van der Waals surface area contributed by atoms with Gasteiger partial charge < -0.3 is 4.42 Å². The number of benzene rings is 2. The first kappa shape index (κ1) is 10.5. The molecule has 0 saturated carbocycles. The molecule has 0 atom stereocenters. The Balaban J connectivity index is 2.58. The van der Waals surface area contributed by atoms with Crippen LogP contribution in [-0.4, -0.2) is 0 Å². The molecule has 0 spiro atoms. The number of hydrogen-bond donors (Lipinski definition) is 0. The molecule has 0 unspecified atom stereocenters. The molecule has 2 nitrogen and oxygen atoms in total. The molecule has 84 valence electrons. The lowest BCUT2D eigenvalue weighted by Gasteiger charge is -2.01. The fraction of sp³-hybridized carbons (Fsp3) is 0. The van der Waals surface area contributed by atoms with Crippen LogP contribution in [0.4, 0.5) is 4.39 Å². The first-order valence-electron chi connectivity index (χ1n) is 4.97. The second kappa shape index (κ2) is 3.67. The number of fused-ring (bicyclic) bond motifs is 2. The van der Waals surface area contributed by atoms with Crippen molar-refractivity contribution in [2.75, 3.05) is 0 Å². The van der Waals surface area contributed by atoms with E-state index in [2.05, 4.69) is 15.9 Å². The van der Waals surface area contributed by atoms with Crippen molar-refractivity contribution in [1.29, 1.82) is 0 Å². The molecule has 4 heteroatoms. The van der Waals surface area contributed by atoms with E-state index in [4.69, 9.17) is 4.42 Å². The summed E-state index contributed by atoms with van der Waals surface area (Å²) in [6, 6.07) is 9.11. The highest BCUT2D eigenvalue weighted by atomic mass is 79.9. The lowest BCUT2D eigenvalue weighted by Crippen LogP contribution is -2.02. The van der Waals surface area contributed by atoms with Crippen LogP contribution in [0.2, 0.25) is 0 Å². The Morgan fingerprint density at radius 3 is 2.41 bits per heavy atom. The van der Waals surface area contributed by atoms with Gasteiger partial charge in [0.25, 0.3) is 0 Å². The summed E-state index contributed by atoms with van der Waals surface area (Å²) in [5.41, 5.74) is 0.672. The first-order chi connectivity index (χ1) is 8.15. The zero-order valence-electron chi connectivity index (χ0n) is 8.54. The molecular weight excluding hydrogens is 287 g/mol. The third-order valence-corrected chi connectivity index (χ3v) is 3.09. The van der Waals surface area contributed by atoms with Gasteiger partial charge in [-0.2, -0.15) is 0 Å². The van der Waals surface area contributed by atoms with Crippen molar-refractivity contribution in [1.82, 2.24) is 0 Å². The molecule has 3 aromatic rings. The molecule has 0 bridgehead atoms. The van der Waals surface area contributed by atoms with Crippen LogP contribution in [0.25, 0.3) is 21.9 Å². The van der Waals surface area contributed by atoms with E-state index in [1.54, 1.807) is 18.2 Å². The van der Waals surface area contributed by atoms with E-state index >= 15 is 0 Å². The molecule has 0 amide bonds. The lowest BCUT2D eigenvalue weighted by atomic mass is 10.1. The SMILES string of the molecule is O=c1c2cc(F)ccc2oc2ccc(Br)cc12. The third-order valence-electron chi connectivity index (χ3n) is 2.59. The van der Waals surface area contributed by atoms with Crippen LogP contribution in [0.5, 0.6) is 0 Å². The summed E-state index contributed by atoms with van der Waals surface area (Å²) in [5.74, 6) is -0.445. The summed E-state index contributed by atoms with van der Waals surface area (Å²) in [5, 5.41) is 0.702. The molecule has 0 aliphatic rings. The Morgan fingerprint density at radius 2 is 1.65 bits per heavy atom. The lowest BCUT2D eigenvalue weighted by molar-refractivity contribution is 0.623. The van der Waals surface area contributed by atoms with Crippen LogP contribution in [0.3, 0.4) is 0 Å². The second-order valence-corrected chi connectivity index (χ2v) is 4.63. The van der Waals surface area contributed by atoms with E-state index < -0.39 is 5.82 Å². The maximum atomic E-state index is 13.1. The van der Waals surface area contributed by atoms with Gasteiger partial charge in [0.15, 0.2) is 0 Å². The zero-order valence-corrected chi connectivity index (χ0v) is 10.1. The summed E-state index contributed by atoms with van der Waals surface area (Å²) in [6.45, 7) is 0. The molecule has 0 fully saturated rings. The van der Waals surface area contributed by atoms with Gasteiger partial charge in [-0.3, -0.25) is 4.79 Å². The highest BCUT2D eigenvalue weighted by molar-refractivity contribution is 9.10. The zero-order chi connectivity index (χ0) is 12.0. The van der Waals surface area contributed by atoms with Gasteiger partial charge in [-0.15, -0.1) is 0 Å². The maximum Gasteiger partial charge on any atom is 0.200 e. The predicted octanol–water partition coefficient (Wildman–Crippen LogP) is 3.85. The van der Waals surface area contributed by atoms with Crippen molar-refractivity contribution in [3.05, 3.63) is 56.9 Å². The van der Waals surface area contributed by atoms with Gasteiger partial charge in [0.1, 0.15) is 17.0 Å². The molecule has 0 aliphatic carbocycles. The van der Waals surface area contributed by atoms with Gasteiger partial charge in [0.2, 0.25) is 5.43 Å². The quantitative estimate of drug-likeness (QED) is 0.589. The van der Waals surface area contributed by atoms with E-state index in [0.29, 0.717) is 16.6 Å². The summed E-state index contributed by atoms with van der Waals surface area (Å²) < 4.78 is 19.4. The van der Waals surface area contributed by atoms with Crippen LogP contribution in [0.1, 0.15) is 0 Å². The van der Waals surface area contributed by atoms with Gasteiger partial charge in [-0.05, 0) is 36.4 Å². The Labute approximate surface area is 104 Å². The van der Waals surface area contributed by atoms with Crippen LogP contribution in [0.15, 0.2) is 50.1 Å². The topological polar surface area (TPSA) is 30.2 Å². The number of hydrogen-bond acceptors (Lipinski definition) is 2. The fourth-order valence-corrected chi connectivity index (χ4v) is 2.16. The monoisotopic (exact) mass is 292 g/mol. The normalized spacial score (nSPS) is 11.2. The standard InChI is InChI=1S/C13H6BrFO2/c14-7-1-3-11-9(5-7)13(16)10-6-8(15)2-4-12(10)17-11/h1-6H. The first-order valence-corrected chi connectivity index (χ1v) is 5.76. The molecule has 17 heavy (non-hydrogen) atoms. The average molecular weight is 293 g/mol. The van der Waals surface area contributed by atoms with Crippen molar-refractivity contribution in [3.63, 3.8) is 0 Å². The largest absolute Gasteiger partial charge is 0.456 e. The van der Waals surface area contributed by atoms with Crippen molar-refractivity contribution in [2.45, 2.75) is 0 Å². The second-order valence-electron chi connectivity index (χ2n) is 3.71. The summed E-state index contributed by atoms with van der Waals surface area (Å²) in [4.78, 5) is 12.1. The van der Waals surface area contributed by atoms with Gasteiger partial charge >= 0.3 is 0 Å². The third kappa shape index (κ3) is 1.65. The minimum atomic E-state index is -0.445. The van der Waals surface area contributed by atoms with Gasteiger partial charge in [-0.1, -0.05) is 15.9 Å². The minimum absolute atomic E-state index is 0.220. The van der Waals surface area contributed by atoms with Crippen molar-refractivity contribution >= 4 is 37.9 Å². The number of halogens is 2. The smallest absolute Gasteiger partial charge is 0.200 e. The summed E-state index contributed by atoms with van der Waals surface area (Å²) >= 11 is 3.29. The predicted molar refractivity (Wildman–Crippen MR) is 67.6 cm³/mol. The molecule has 3 rings (SSSR count). The highest BCUT2D eigenvalue weighted by Crippen LogP contribution is 2.22. The average Bonchev–Trinajstić information content (AvgIpc) is 2.32. The van der Waals surface area contributed by atoms with E-state index in [9.17, 15) is 9.18 Å². The molecule has 0 N–H and O–H groups in total. The number of rotatable bonds is 0. The summed E-state index contributed by atoms with van der Waals surface area (Å²) in [6.07, 6.45) is 0. The van der Waals surface area contributed by atoms with E-state index in [1.807, 2.05) is 0 Å². The fourth-order valence-electron chi connectivity index (χ4n) is 1.80. The van der Waals surface area contributed by atoms with Crippen LogP contribution in [0, 0.1) is 5.82 Å². The maximum absolute atomic E-state index is 13.1. The highest BCUT2D eigenvalue weighted by Gasteiger charge is 2.08. The van der Waals surface area contributed by atoms with Crippen LogP contribution >= 0.6 is 15.9 Å². The Kier molecular flexibility index (Phi) is 2.26. The Hall–Kier alpha value is -1.68.